The van der Waals surface area contributed by atoms with Gasteiger partial charge in [0, 0.05) is 12.5 Å². The van der Waals surface area contributed by atoms with E-state index in [1.165, 1.54) is 13.8 Å². The van der Waals surface area contributed by atoms with Crippen molar-refractivity contribution in [2.24, 2.45) is 5.92 Å². The maximum atomic E-state index is 12.6. The molecular weight excluding hydrogens is 138 g/mol. The van der Waals surface area contributed by atoms with Crippen molar-refractivity contribution in [1.82, 2.24) is 0 Å². The molecule has 10 heavy (non-hydrogen) atoms. The minimum absolute atomic E-state index is 0.350. The van der Waals surface area contributed by atoms with Crippen LogP contribution >= 0.6 is 0 Å². The van der Waals surface area contributed by atoms with Crippen LogP contribution in [0, 0.1) is 5.92 Å². The maximum Gasteiger partial charge on any atom is 0.273 e. The molecular formula is C7H14F2O. The van der Waals surface area contributed by atoms with Crippen LogP contribution in [0.15, 0.2) is 0 Å². The van der Waals surface area contributed by atoms with Gasteiger partial charge < -0.3 is 4.74 Å². The van der Waals surface area contributed by atoms with Crippen molar-refractivity contribution < 1.29 is 13.5 Å². The lowest BCUT2D eigenvalue weighted by atomic mass is 10.1. The molecule has 0 heterocycles. The van der Waals surface area contributed by atoms with Gasteiger partial charge in [-0.3, -0.25) is 0 Å². The van der Waals surface area contributed by atoms with Crippen LogP contribution in [-0.2, 0) is 4.74 Å². The Morgan fingerprint density at radius 1 is 1.40 bits per heavy atom. The Balaban J connectivity index is 3.63. The number of alkyl halides is 2. The lowest BCUT2D eigenvalue weighted by Crippen LogP contribution is -2.29. The van der Waals surface area contributed by atoms with Crippen LogP contribution in [0.1, 0.15) is 20.8 Å². The van der Waals surface area contributed by atoms with Crippen molar-refractivity contribution in [3.63, 3.8) is 0 Å². The highest BCUT2D eigenvalue weighted by molar-refractivity contribution is 4.68. The third kappa shape index (κ3) is 3.11. The zero-order valence-corrected chi connectivity index (χ0v) is 6.66. The SMILES string of the molecule is CCOCC(F)(F)C(C)C. The summed E-state index contributed by atoms with van der Waals surface area (Å²) in [5.41, 5.74) is 0. The monoisotopic (exact) mass is 152 g/mol. The number of halogens is 2. The topological polar surface area (TPSA) is 9.23 Å². The highest BCUT2D eigenvalue weighted by atomic mass is 19.3. The second kappa shape index (κ2) is 3.86. The molecule has 0 aliphatic carbocycles. The molecule has 62 valence electrons. The molecule has 0 aliphatic heterocycles. The van der Waals surface area contributed by atoms with Gasteiger partial charge in [-0.15, -0.1) is 0 Å². The Labute approximate surface area is 60.4 Å². The molecule has 0 aromatic carbocycles. The van der Waals surface area contributed by atoms with Crippen LogP contribution in [0.2, 0.25) is 0 Å². The van der Waals surface area contributed by atoms with Crippen LogP contribution in [0.4, 0.5) is 8.78 Å². The Kier molecular flexibility index (Phi) is 3.79. The van der Waals surface area contributed by atoms with Crippen LogP contribution in [0.3, 0.4) is 0 Å². The molecule has 0 fully saturated rings. The molecule has 0 amide bonds. The number of rotatable bonds is 4. The molecule has 0 radical (unpaired) electrons. The first-order chi connectivity index (χ1) is 4.50. The average molecular weight is 152 g/mol. The molecule has 0 rings (SSSR count). The Morgan fingerprint density at radius 3 is 2.20 bits per heavy atom. The Morgan fingerprint density at radius 2 is 1.90 bits per heavy atom. The van der Waals surface area contributed by atoms with Crippen LogP contribution in [-0.4, -0.2) is 19.1 Å². The zero-order valence-electron chi connectivity index (χ0n) is 6.66. The Hall–Kier alpha value is -0.180. The van der Waals surface area contributed by atoms with Gasteiger partial charge >= 0.3 is 0 Å². The molecule has 0 aliphatic rings. The molecule has 0 aromatic heterocycles. The van der Waals surface area contributed by atoms with Crippen molar-refractivity contribution in [2.75, 3.05) is 13.2 Å². The molecule has 0 aromatic rings. The molecule has 0 N–H and O–H groups in total. The van der Waals surface area contributed by atoms with E-state index < -0.39 is 18.4 Å². The summed E-state index contributed by atoms with van der Waals surface area (Å²) in [6.45, 7) is 4.57. The van der Waals surface area contributed by atoms with Gasteiger partial charge in [0.25, 0.3) is 5.92 Å². The van der Waals surface area contributed by atoms with E-state index in [0.717, 1.165) is 0 Å². The van der Waals surface area contributed by atoms with Gasteiger partial charge in [-0.25, -0.2) is 8.78 Å². The van der Waals surface area contributed by atoms with Gasteiger partial charge in [-0.05, 0) is 6.92 Å². The molecule has 0 unspecified atom stereocenters. The van der Waals surface area contributed by atoms with E-state index in [9.17, 15) is 8.78 Å². The maximum absolute atomic E-state index is 12.6. The molecule has 0 bridgehead atoms. The van der Waals surface area contributed by atoms with Crippen molar-refractivity contribution in [2.45, 2.75) is 26.7 Å². The van der Waals surface area contributed by atoms with Crippen LogP contribution < -0.4 is 0 Å². The third-order valence-electron chi connectivity index (χ3n) is 1.34. The van der Waals surface area contributed by atoms with Gasteiger partial charge in [0.2, 0.25) is 0 Å². The highest BCUT2D eigenvalue weighted by Crippen LogP contribution is 2.23. The van der Waals surface area contributed by atoms with E-state index in [1.54, 1.807) is 6.92 Å². The van der Waals surface area contributed by atoms with E-state index in [4.69, 9.17) is 0 Å². The van der Waals surface area contributed by atoms with E-state index in [-0.39, 0.29) is 0 Å². The molecule has 0 atom stereocenters. The average Bonchev–Trinajstić information content (AvgIpc) is 1.84. The predicted octanol–water partition coefficient (Wildman–Crippen LogP) is 2.31. The number of hydrogen-bond acceptors (Lipinski definition) is 1. The normalized spacial score (nSPS) is 12.6. The fraction of sp³-hybridized carbons (Fsp3) is 1.00. The van der Waals surface area contributed by atoms with E-state index in [1.807, 2.05) is 0 Å². The van der Waals surface area contributed by atoms with Crippen LogP contribution in [0.25, 0.3) is 0 Å². The van der Waals surface area contributed by atoms with Gasteiger partial charge in [0.15, 0.2) is 0 Å². The van der Waals surface area contributed by atoms with E-state index in [0.29, 0.717) is 6.61 Å². The summed E-state index contributed by atoms with van der Waals surface area (Å²) < 4.78 is 29.8. The van der Waals surface area contributed by atoms with E-state index in [2.05, 4.69) is 4.74 Å². The summed E-state index contributed by atoms with van der Waals surface area (Å²) in [6, 6.07) is 0. The minimum Gasteiger partial charge on any atom is -0.375 e. The predicted molar refractivity (Wildman–Crippen MR) is 36.3 cm³/mol. The summed E-state index contributed by atoms with van der Waals surface area (Å²) in [5.74, 6) is -3.31. The second-order valence-electron chi connectivity index (χ2n) is 2.55. The largest absolute Gasteiger partial charge is 0.375 e. The summed E-state index contributed by atoms with van der Waals surface area (Å²) in [7, 11) is 0. The van der Waals surface area contributed by atoms with Gasteiger partial charge in [0.1, 0.15) is 6.61 Å². The molecule has 1 nitrogen and oxygen atoms in total. The van der Waals surface area contributed by atoms with Gasteiger partial charge in [0.05, 0.1) is 0 Å². The fourth-order valence-electron chi connectivity index (χ4n) is 0.405. The summed E-state index contributed by atoms with van der Waals surface area (Å²) >= 11 is 0. The molecule has 0 saturated carbocycles. The zero-order chi connectivity index (χ0) is 8.20. The lowest BCUT2D eigenvalue weighted by Gasteiger charge is -2.19. The first-order valence-electron chi connectivity index (χ1n) is 3.46. The summed E-state index contributed by atoms with van der Waals surface area (Å²) in [6.07, 6.45) is 0. The number of ether oxygens (including phenoxy) is 1. The van der Waals surface area contributed by atoms with Crippen molar-refractivity contribution in [1.29, 1.82) is 0 Å². The van der Waals surface area contributed by atoms with E-state index >= 15 is 0 Å². The second-order valence-corrected chi connectivity index (χ2v) is 2.55. The first-order valence-corrected chi connectivity index (χ1v) is 3.46. The Bertz CT molecular complexity index is 91.6. The quantitative estimate of drug-likeness (QED) is 0.600. The number of hydrogen-bond donors (Lipinski definition) is 0. The summed E-state index contributed by atoms with van der Waals surface area (Å²) in [5, 5.41) is 0. The van der Waals surface area contributed by atoms with Gasteiger partial charge in [-0.1, -0.05) is 13.8 Å². The smallest absolute Gasteiger partial charge is 0.273 e. The highest BCUT2D eigenvalue weighted by Gasteiger charge is 2.33. The third-order valence-corrected chi connectivity index (χ3v) is 1.34. The fourth-order valence-corrected chi connectivity index (χ4v) is 0.405. The standard InChI is InChI=1S/C7H14F2O/c1-4-10-5-7(8,9)6(2)3/h6H,4-5H2,1-3H3. The van der Waals surface area contributed by atoms with Crippen molar-refractivity contribution in [3.05, 3.63) is 0 Å². The van der Waals surface area contributed by atoms with Crippen molar-refractivity contribution in [3.8, 4) is 0 Å². The summed E-state index contributed by atoms with van der Waals surface area (Å²) in [4.78, 5) is 0. The molecule has 0 saturated heterocycles. The first kappa shape index (κ1) is 9.82. The lowest BCUT2D eigenvalue weighted by molar-refractivity contribution is -0.106. The molecule has 3 heteroatoms. The van der Waals surface area contributed by atoms with Crippen molar-refractivity contribution >= 4 is 0 Å². The van der Waals surface area contributed by atoms with Gasteiger partial charge in [-0.2, -0.15) is 0 Å². The van der Waals surface area contributed by atoms with Crippen LogP contribution in [0.5, 0.6) is 0 Å². The minimum atomic E-state index is -2.67. The molecule has 0 spiro atoms.